The van der Waals surface area contributed by atoms with E-state index >= 15 is 0 Å². The van der Waals surface area contributed by atoms with E-state index in [1.807, 2.05) is 0 Å². The standard InChI is InChI=1S/C11H22O4/c1-13-9-10-14-7-5-3-2-4-6-8-15-11-12/h11H,2-10H2,1H3. The highest BCUT2D eigenvalue weighted by Crippen LogP contribution is 2.03. The van der Waals surface area contributed by atoms with Crippen LogP contribution in [0.2, 0.25) is 0 Å². The van der Waals surface area contributed by atoms with Crippen LogP contribution in [0, 0.1) is 0 Å². The molecule has 4 heteroatoms. The maximum atomic E-state index is 9.82. The first-order valence-electron chi connectivity index (χ1n) is 5.53. The minimum absolute atomic E-state index is 0.504. The third kappa shape index (κ3) is 13.4. The van der Waals surface area contributed by atoms with Crippen molar-refractivity contribution in [3.05, 3.63) is 0 Å². The van der Waals surface area contributed by atoms with Crippen LogP contribution in [0.4, 0.5) is 0 Å². The Bertz CT molecular complexity index is 128. The molecule has 0 aliphatic heterocycles. The van der Waals surface area contributed by atoms with E-state index in [4.69, 9.17) is 9.47 Å². The normalized spacial score (nSPS) is 10.2. The lowest BCUT2D eigenvalue weighted by atomic mass is 10.1. The van der Waals surface area contributed by atoms with Crippen LogP contribution in [0.25, 0.3) is 0 Å². The molecule has 0 spiro atoms. The van der Waals surface area contributed by atoms with Gasteiger partial charge in [-0.1, -0.05) is 19.3 Å². The van der Waals surface area contributed by atoms with Gasteiger partial charge in [0, 0.05) is 13.7 Å². The van der Waals surface area contributed by atoms with Crippen molar-refractivity contribution in [2.45, 2.75) is 32.1 Å². The molecule has 0 unspecified atom stereocenters. The van der Waals surface area contributed by atoms with Gasteiger partial charge in [-0.05, 0) is 12.8 Å². The Kier molecular flexibility index (Phi) is 12.8. The Morgan fingerprint density at radius 2 is 1.53 bits per heavy atom. The predicted molar refractivity (Wildman–Crippen MR) is 57.8 cm³/mol. The van der Waals surface area contributed by atoms with Crippen molar-refractivity contribution >= 4 is 6.47 Å². The summed E-state index contributed by atoms with van der Waals surface area (Å²) in [5.74, 6) is 0. The molecule has 0 radical (unpaired) electrons. The maximum Gasteiger partial charge on any atom is 0.293 e. The van der Waals surface area contributed by atoms with E-state index in [0.29, 0.717) is 26.3 Å². The molecule has 0 aliphatic carbocycles. The van der Waals surface area contributed by atoms with Crippen LogP contribution in [-0.4, -0.2) is 40.0 Å². The van der Waals surface area contributed by atoms with Crippen LogP contribution in [0.5, 0.6) is 0 Å². The van der Waals surface area contributed by atoms with E-state index in [9.17, 15) is 4.79 Å². The molecule has 0 aromatic carbocycles. The minimum atomic E-state index is 0.504. The van der Waals surface area contributed by atoms with Crippen LogP contribution in [-0.2, 0) is 19.0 Å². The lowest BCUT2D eigenvalue weighted by Gasteiger charge is -2.03. The number of ether oxygens (including phenoxy) is 3. The summed E-state index contributed by atoms with van der Waals surface area (Å²) in [6, 6.07) is 0. The smallest absolute Gasteiger partial charge is 0.293 e. The number of hydrogen-bond acceptors (Lipinski definition) is 4. The highest BCUT2D eigenvalue weighted by molar-refractivity contribution is 5.36. The fourth-order valence-electron chi connectivity index (χ4n) is 1.21. The lowest BCUT2D eigenvalue weighted by Crippen LogP contribution is -2.02. The summed E-state index contributed by atoms with van der Waals surface area (Å²) in [5.41, 5.74) is 0. The van der Waals surface area contributed by atoms with Crippen LogP contribution >= 0.6 is 0 Å². The summed E-state index contributed by atoms with van der Waals surface area (Å²) in [7, 11) is 1.67. The van der Waals surface area contributed by atoms with Crippen molar-refractivity contribution in [2.24, 2.45) is 0 Å². The van der Waals surface area contributed by atoms with E-state index in [-0.39, 0.29) is 0 Å². The Hall–Kier alpha value is -0.610. The third-order valence-corrected chi connectivity index (χ3v) is 2.05. The Morgan fingerprint density at radius 1 is 0.867 bits per heavy atom. The molecular weight excluding hydrogens is 196 g/mol. The third-order valence-electron chi connectivity index (χ3n) is 2.05. The van der Waals surface area contributed by atoms with Crippen molar-refractivity contribution in [1.29, 1.82) is 0 Å². The van der Waals surface area contributed by atoms with E-state index in [1.54, 1.807) is 7.11 Å². The number of carbonyl (C=O) groups is 1. The first kappa shape index (κ1) is 14.4. The Morgan fingerprint density at radius 3 is 2.20 bits per heavy atom. The fraction of sp³-hybridized carbons (Fsp3) is 0.909. The quantitative estimate of drug-likeness (QED) is 0.370. The molecule has 0 fully saturated rings. The van der Waals surface area contributed by atoms with Gasteiger partial charge < -0.3 is 14.2 Å². The molecule has 4 nitrogen and oxygen atoms in total. The van der Waals surface area contributed by atoms with Crippen LogP contribution in [0.3, 0.4) is 0 Å². The number of rotatable bonds is 12. The highest BCUT2D eigenvalue weighted by Gasteiger charge is 1.92. The summed E-state index contributed by atoms with van der Waals surface area (Å²) in [5, 5.41) is 0. The molecule has 0 rings (SSSR count). The summed E-state index contributed by atoms with van der Waals surface area (Å²) in [6.07, 6.45) is 5.53. The van der Waals surface area contributed by atoms with Gasteiger partial charge in [-0.25, -0.2) is 0 Å². The molecule has 0 atom stereocenters. The second-order valence-corrected chi connectivity index (χ2v) is 3.34. The van der Waals surface area contributed by atoms with Gasteiger partial charge in [-0.15, -0.1) is 0 Å². The largest absolute Gasteiger partial charge is 0.468 e. The number of hydrogen-bond donors (Lipinski definition) is 0. The van der Waals surface area contributed by atoms with Crippen molar-refractivity contribution in [3.63, 3.8) is 0 Å². The minimum Gasteiger partial charge on any atom is -0.468 e. The molecule has 0 amide bonds. The fourth-order valence-corrected chi connectivity index (χ4v) is 1.21. The van der Waals surface area contributed by atoms with Gasteiger partial charge in [0.2, 0.25) is 0 Å². The topological polar surface area (TPSA) is 44.8 Å². The van der Waals surface area contributed by atoms with Gasteiger partial charge in [-0.3, -0.25) is 4.79 Å². The molecule has 90 valence electrons. The van der Waals surface area contributed by atoms with Gasteiger partial charge in [-0.2, -0.15) is 0 Å². The maximum absolute atomic E-state index is 9.82. The molecule has 0 heterocycles. The van der Waals surface area contributed by atoms with Crippen molar-refractivity contribution in [3.8, 4) is 0 Å². The van der Waals surface area contributed by atoms with Gasteiger partial charge in [0.25, 0.3) is 6.47 Å². The Balaban J connectivity index is 2.83. The van der Waals surface area contributed by atoms with Crippen molar-refractivity contribution in [1.82, 2.24) is 0 Å². The monoisotopic (exact) mass is 218 g/mol. The van der Waals surface area contributed by atoms with Crippen molar-refractivity contribution < 1.29 is 19.0 Å². The molecule has 0 saturated carbocycles. The summed E-state index contributed by atoms with van der Waals surface area (Å²) in [4.78, 5) is 9.82. The predicted octanol–water partition coefficient (Wildman–Crippen LogP) is 1.77. The summed E-state index contributed by atoms with van der Waals surface area (Å²) < 4.78 is 14.8. The van der Waals surface area contributed by atoms with E-state index < -0.39 is 0 Å². The second kappa shape index (κ2) is 13.4. The molecule has 15 heavy (non-hydrogen) atoms. The van der Waals surface area contributed by atoms with Crippen molar-refractivity contribution in [2.75, 3.05) is 33.5 Å². The molecule has 0 bridgehead atoms. The number of methoxy groups -OCH3 is 1. The summed E-state index contributed by atoms with van der Waals surface area (Å²) in [6.45, 7) is 3.22. The van der Waals surface area contributed by atoms with Crippen LogP contribution in [0.1, 0.15) is 32.1 Å². The highest BCUT2D eigenvalue weighted by atomic mass is 16.5. The zero-order valence-electron chi connectivity index (χ0n) is 9.57. The SMILES string of the molecule is COCCOCCCCCCCOC=O. The summed E-state index contributed by atoms with van der Waals surface area (Å²) >= 11 is 0. The van der Waals surface area contributed by atoms with Gasteiger partial charge in [0.05, 0.1) is 19.8 Å². The zero-order chi connectivity index (χ0) is 11.2. The molecule has 0 saturated heterocycles. The molecular formula is C11H22O4. The van der Waals surface area contributed by atoms with Crippen LogP contribution < -0.4 is 0 Å². The first-order valence-corrected chi connectivity index (χ1v) is 5.53. The molecule has 0 aliphatic rings. The van der Waals surface area contributed by atoms with E-state index in [1.165, 1.54) is 12.8 Å². The first-order chi connectivity index (χ1) is 7.41. The van der Waals surface area contributed by atoms with Gasteiger partial charge in [0.15, 0.2) is 0 Å². The Labute approximate surface area is 91.9 Å². The van der Waals surface area contributed by atoms with E-state index in [0.717, 1.165) is 25.9 Å². The molecule has 0 aromatic rings. The average Bonchev–Trinajstić information content (AvgIpc) is 2.26. The number of carbonyl (C=O) groups excluding carboxylic acids is 1. The van der Waals surface area contributed by atoms with E-state index in [2.05, 4.69) is 4.74 Å². The van der Waals surface area contributed by atoms with Crippen LogP contribution in [0.15, 0.2) is 0 Å². The molecule has 0 N–H and O–H groups in total. The average molecular weight is 218 g/mol. The van der Waals surface area contributed by atoms with Gasteiger partial charge in [0.1, 0.15) is 0 Å². The number of unbranched alkanes of at least 4 members (excludes halogenated alkanes) is 4. The zero-order valence-corrected chi connectivity index (χ0v) is 9.57. The second-order valence-electron chi connectivity index (χ2n) is 3.34. The lowest BCUT2D eigenvalue weighted by molar-refractivity contribution is -0.128. The van der Waals surface area contributed by atoms with Gasteiger partial charge >= 0.3 is 0 Å². The molecule has 0 aromatic heterocycles.